The summed E-state index contributed by atoms with van der Waals surface area (Å²) in [6.45, 7) is 3.70. The lowest BCUT2D eigenvalue weighted by Crippen LogP contribution is -2.33. The second kappa shape index (κ2) is 9.39. The van der Waals surface area contributed by atoms with Crippen molar-refractivity contribution in [3.8, 4) is 0 Å². The molecule has 28 heavy (non-hydrogen) atoms. The normalized spacial score (nSPS) is 23.1. The summed E-state index contributed by atoms with van der Waals surface area (Å²) in [5.74, 6) is 1.18. The molecule has 1 aliphatic heterocycles. The maximum atomic E-state index is 12.5. The number of carbonyl (C=O) groups is 1. The first kappa shape index (κ1) is 20.6. The second-order valence-corrected chi connectivity index (χ2v) is 8.45. The number of amides is 2. The van der Waals surface area contributed by atoms with Crippen LogP contribution in [0.4, 0.5) is 4.79 Å². The molecule has 3 atom stereocenters. The Balaban J connectivity index is 1.46. The fourth-order valence-electron chi connectivity index (χ4n) is 3.46. The number of ether oxygens (including phenoxy) is 1. The van der Waals surface area contributed by atoms with Crippen LogP contribution in [0.25, 0.3) is 0 Å². The summed E-state index contributed by atoms with van der Waals surface area (Å²) >= 11 is -1.47. The van der Waals surface area contributed by atoms with Crippen LogP contribution in [0, 0.1) is 12.8 Å². The van der Waals surface area contributed by atoms with Crippen LogP contribution in [-0.2, 0) is 20.0 Å². The summed E-state index contributed by atoms with van der Waals surface area (Å²) < 4.78 is 22.9. The smallest absolute Gasteiger partial charge is 0.320 e. The number of carbonyl (C=O) groups excluding carboxylic acids is 1. The van der Waals surface area contributed by atoms with Crippen molar-refractivity contribution in [1.29, 1.82) is 0 Å². The van der Waals surface area contributed by atoms with Gasteiger partial charge in [0, 0.05) is 20.1 Å². The zero-order valence-electron chi connectivity index (χ0n) is 16.7. The molecule has 7 heteroatoms. The molecule has 3 unspecified atom stereocenters. The van der Waals surface area contributed by atoms with Crippen LogP contribution in [0.1, 0.15) is 18.4 Å². The Hall–Kier alpha value is -2.12. The number of methoxy groups -OCH3 is 1. The quantitative estimate of drug-likeness (QED) is 0.667. The van der Waals surface area contributed by atoms with E-state index in [0.717, 1.165) is 17.7 Å². The monoisotopic (exact) mass is 404 g/mol. The molecule has 0 spiro atoms. The molecule has 1 saturated heterocycles. The van der Waals surface area contributed by atoms with E-state index in [1.54, 1.807) is 12.0 Å². The van der Waals surface area contributed by atoms with Gasteiger partial charge in [-0.15, -0.1) is 0 Å². The van der Waals surface area contributed by atoms with Crippen molar-refractivity contribution < 1.29 is 17.9 Å². The van der Waals surface area contributed by atoms with Gasteiger partial charge >= 0.3 is 6.03 Å². The molecular weight excluding hydrogens is 376 g/mol. The van der Waals surface area contributed by atoms with E-state index in [1.165, 1.54) is 0 Å². The number of rotatable bonds is 8. The molecule has 2 aliphatic rings. The summed E-state index contributed by atoms with van der Waals surface area (Å²) in [7, 11) is 3.48. The van der Waals surface area contributed by atoms with Crippen LogP contribution in [0.2, 0.25) is 0 Å². The molecule has 2 amide bonds. The molecule has 1 aromatic rings. The van der Waals surface area contributed by atoms with Gasteiger partial charge in [-0.25, -0.2) is 9.00 Å². The minimum absolute atomic E-state index is 0.0413. The van der Waals surface area contributed by atoms with Gasteiger partial charge in [-0.1, -0.05) is 23.8 Å². The Kier molecular flexibility index (Phi) is 6.91. The van der Waals surface area contributed by atoms with Crippen molar-refractivity contribution in [2.24, 2.45) is 5.92 Å². The zero-order valence-corrected chi connectivity index (χ0v) is 17.5. The van der Waals surface area contributed by atoms with E-state index in [1.807, 2.05) is 49.2 Å². The third kappa shape index (κ3) is 5.02. The zero-order chi connectivity index (χ0) is 20.1. The van der Waals surface area contributed by atoms with Crippen molar-refractivity contribution in [2.75, 3.05) is 33.9 Å². The van der Waals surface area contributed by atoms with Crippen LogP contribution < -0.4 is 0 Å². The molecule has 1 heterocycles. The predicted octanol–water partition coefficient (Wildman–Crippen LogP) is 3.27. The highest BCUT2D eigenvalue weighted by Crippen LogP contribution is 2.23. The molecular formula is C21H28N2O4S. The van der Waals surface area contributed by atoms with Gasteiger partial charge in [-0.05, 0) is 50.0 Å². The standard InChI is InChI=1S/C21H28N2O4S/c1-16-4-10-20(11-5-16)28(25)27-13-12-18-15-23(21(24)22(18)2)14-17-6-8-19(26-3)9-7-17/h4-6,8-11,17-18H,7,12-15H2,1-3H3. The number of allylic oxidation sites excluding steroid dienone is 2. The summed E-state index contributed by atoms with van der Waals surface area (Å²) in [5, 5.41) is 0. The third-order valence-electron chi connectivity index (χ3n) is 5.25. The molecule has 0 aromatic heterocycles. The third-order valence-corrected chi connectivity index (χ3v) is 6.29. The highest BCUT2D eigenvalue weighted by Gasteiger charge is 2.35. The predicted molar refractivity (Wildman–Crippen MR) is 109 cm³/mol. The second-order valence-electron chi connectivity index (χ2n) is 7.28. The first-order valence-corrected chi connectivity index (χ1v) is 10.6. The van der Waals surface area contributed by atoms with E-state index in [9.17, 15) is 9.00 Å². The SMILES string of the molecule is COC1=CCC(CN2CC(CCOS(=O)c3ccc(C)cc3)N(C)C2=O)C=C1. The van der Waals surface area contributed by atoms with Gasteiger partial charge in [0.05, 0.1) is 24.7 Å². The lowest BCUT2D eigenvalue weighted by atomic mass is 9.99. The number of hydrogen-bond acceptors (Lipinski definition) is 4. The number of benzene rings is 1. The summed E-state index contributed by atoms with van der Waals surface area (Å²) in [6.07, 6.45) is 7.65. The van der Waals surface area contributed by atoms with Crippen LogP contribution >= 0.6 is 0 Å². The minimum Gasteiger partial charge on any atom is -0.497 e. The van der Waals surface area contributed by atoms with Gasteiger partial charge in [-0.2, -0.15) is 0 Å². The molecule has 6 nitrogen and oxygen atoms in total. The minimum atomic E-state index is -1.47. The molecule has 0 N–H and O–H groups in total. The lowest BCUT2D eigenvalue weighted by molar-refractivity contribution is 0.190. The van der Waals surface area contributed by atoms with Crippen LogP contribution in [0.5, 0.6) is 0 Å². The fourth-order valence-corrected chi connectivity index (χ4v) is 4.21. The Labute approximate surface area is 169 Å². The van der Waals surface area contributed by atoms with Crippen LogP contribution in [0.3, 0.4) is 0 Å². The van der Waals surface area contributed by atoms with E-state index in [2.05, 4.69) is 12.2 Å². The van der Waals surface area contributed by atoms with Crippen molar-refractivity contribution >= 4 is 17.1 Å². The molecule has 1 fully saturated rings. The molecule has 152 valence electrons. The van der Waals surface area contributed by atoms with Crippen LogP contribution in [0.15, 0.2) is 53.1 Å². The van der Waals surface area contributed by atoms with E-state index >= 15 is 0 Å². The van der Waals surface area contributed by atoms with Gasteiger partial charge in [-0.3, -0.25) is 4.18 Å². The number of hydrogen-bond donors (Lipinski definition) is 0. The number of likely N-dealkylation sites (N-methyl/N-ethyl adjacent to an activating group) is 1. The fraction of sp³-hybridized carbons (Fsp3) is 0.476. The van der Waals surface area contributed by atoms with Gasteiger partial charge in [0.25, 0.3) is 0 Å². The molecule has 0 saturated carbocycles. The van der Waals surface area contributed by atoms with E-state index < -0.39 is 11.1 Å². The Bertz CT molecular complexity index is 775. The number of aryl methyl sites for hydroxylation is 1. The lowest BCUT2D eigenvalue weighted by Gasteiger charge is -2.22. The first-order chi connectivity index (χ1) is 13.5. The van der Waals surface area contributed by atoms with E-state index in [-0.39, 0.29) is 12.1 Å². The first-order valence-electron chi connectivity index (χ1n) is 9.53. The summed E-state index contributed by atoms with van der Waals surface area (Å²) in [4.78, 5) is 16.9. The summed E-state index contributed by atoms with van der Waals surface area (Å²) in [5.41, 5.74) is 1.12. The molecule has 1 aliphatic carbocycles. The van der Waals surface area contributed by atoms with Gasteiger partial charge in [0.2, 0.25) is 0 Å². The molecule has 1 aromatic carbocycles. The Morgan fingerprint density at radius 3 is 2.64 bits per heavy atom. The van der Waals surface area contributed by atoms with Crippen molar-refractivity contribution in [1.82, 2.24) is 9.80 Å². The van der Waals surface area contributed by atoms with Crippen molar-refractivity contribution in [2.45, 2.75) is 30.7 Å². The van der Waals surface area contributed by atoms with Crippen LogP contribution in [-0.4, -0.2) is 59.9 Å². The maximum Gasteiger partial charge on any atom is 0.320 e. The average Bonchev–Trinajstić information content (AvgIpc) is 2.97. The van der Waals surface area contributed by atoms with Crippen molar-refractivity contribution in [3.05, 3.63) is 53.8 Å². The average molecular weight is 405 g/mol. The largest absolute Gasteiger partial charge is 0.497 e. The highest BCUT2D eigenvalue weighted by molar-refractivity contribution is 7.80. The van der Waals surface area contributed by atoms with Gasteiger partial charge in [0.15, 0.2) is 11.1 Å². The Morgan fingerprint density at radius 1 is 1.25 bits per heavy atom. The van der Waals surface area contributed by atoms with Gasteiger partial charge < -0.3 is 14.5 Å². The summed E-state index contributed by atoms with van der Waals surface area (Å²) in [6, 6.07) is 7.59. The van der Waals surface area contributed by atoms with Crippen molar-refractivity contribution in [3.63, 3.8) is 0 Å². The topological polar surface area (TPSA) is 59.1 Å². The number of nitrogens with zero attached hydrogens (tertiary/aromatic N) is 2. The molecule has 3 rings (SSSR count). The number of urea groups is 1. The van der Waals surface area contributed by atoms with E-state index in [0.29, 0.717) is 36.9 Å². The van der Waals surface area contributed by atoms with Gasteiger partial charge in [0.1, 0.15) is 5.76 Å². The molecule has 0 radical (unpaired) electrons. The maximum absolute atomic E-state index is 12.5. The molecule has 0 bridgehead atoms. The van der Waals surface area contributed by atoms with E-state index in [4.69, 9.17) is 8.92 Å². The Morgan fingerprint density at radius 2 is 2.00 bits per heavy atom. The highest BCUT2D eigenvalue weighted by atomic mass is 32.2.